The van der Waals surface area contributed by atoms with Crippen molar-refractivity contribution in [1.29, 1.82) is 0 Å². The summed E-state index contributed by atoms with van der Waals surface area (Å²) in [5, 5.41) is 10.5. The Kier molecular flexibility index (Phi) is 4.25. The number of anilines is 1. The van der Waals surface area contributed by atoms with Gasteiger partial charge in [-0.1, -0.05) is 17.7 Å². The number of carbonyl (C=O) groups is 1. The highest BCUT2D eigenvalue weighted by Gasteiger charge is 2.22. The number of aromatic nitrogens is 2. The molecule has 138 valence electrons. The fourth-order valence-corrected chi connectivity index (χ4v) is 3.86. The molecule has 4 rings (SSSR count). The summed E-state index contributed by atoms with van der Waals surface area (Å²) in [5.41, 5.74) is 3.12. The van der Waals surface area contributed by atoms with Crippen molar-refractivity contribution >= 4 is 21.6 Å². The van der Waals surface area contributed by atoms with Crippen LogP contribution in [0.2, 0.25) is 0 Å². The molecule has 9 heteroatoms. The van der Waals surface area contributed by atoms with Crippen LogP contribution in [0.3, 0.4) is 0 Å². The first-order chi connectivity index (χ1) is 12.9. The molecule has 0 unspecified atom stereocenters. The van der Waals surface area contributed by atoms with Crippen LogP contribution in [0.5, 0.6) is 0 Å². The minimum absolute atomic E-state index is 0.0798. The summed E-state index contributed by atoms with van der Waals surface area (Å²) < 4.78 is 33.0. The lowest BCUT2D eigenvalue weighted by atomic mass is 10.1. The summed E-state index contributed by atoms with van der Waals surface area (Å²) in [6.45, 7) is 1.82. The van der Waals surface area contributed by atoms with Gasteiger partial charge in [0, 0.05) is 11.3 Å². The molecule has 0 saturated carbocycles. The molecule has 0 saturated heterocycles. The predicted octanol–water partition coefficient (Wildman–Crippen LogP) is 2.02. The van der Waals surface area contributed by atoms with Crippen LogP contribution in [0.15, 0.2) is 51.8 Å². The number of nitrogens with one attached hydrogen (secondary N) is 2. The van der Waals surface area contributed by atoms with E-state index in [1.807, 2.05) is 31.2 Å². The van der Waals surface area contributed by atoms with Crippen LogP contribution in [0.1, 0.15) is 17.0 Å². The van der Waals surface area contributed by atoms with E-state index >= 15 is 0 Å². The fraction of sp³-hybridized carbons (Fsp3) is 0.167. The van der Waals surface area contributed by atoms with Gasteiger partial charge in [0.15, 0.2) is 0 Å². The lowest BCUT2D eigenvalue weighted by molar-refractivity contribution is -0.115. The molecule has 1 aliphatic rings. The number of benzene rings is 2. The summed E-state index contributed by atoms with van der Waals surface area (Å²) in [6.07, 6.45) is 0.169. The van der Waals surface area contributed by atoms with Crippen LogP contribution in [0.25, 0.3) is 11.5 Å². The van der Waals surface area contributed by atoms with E-state index in [-0.39, 0.29) is 29.7 Å². The van der Waals surface area contributed by atoms with Crippen LogP contribution in [-0.4, -0.2) is 24.5 Å². The fourth-order valence-electron chi connectivity index (χ4n) is 2.83. The molecule has 1 aromatic heterocycles. The van der Waals surface area contributed by atoms with Crippen LogP contribution in [0.4, 0.5) is 5.69 Å². The maximum absolute atomic E-state index is 12.5. The lowest BCUT2D eigenvalue weighted by Crippen LogP contribution is -2.23. The van der Waals surface area contributed by atoms with Gasteiger partial charge in [0.2, 0.25) is 27.7 Å². The molecule has 0 spiro atoms. The Hall–Kier alpha value is -3.04. The molecule has 3 aromatic rings. The standard InChI is InChI=1S/C18H16N4O4S/c1-11-3-2-4-12(7-11)18-22-21-17(26-18)10-19-27(24,25)14-5-6-15-13(8-14)9-16(23)20-15/h2-8,19H,9-10H2,1H3,(H,20,23). The van der Waals surface area contributed by atoms with E-state index in [1.54, 1.807) is 6.07 Å². The molecular weight excluding hydrogens is 368 g/mol. The predicted molar refractivity (Wildman–Crippen MR) is 97.3 cm³/mol. The number of nitrogens with zero attached hydrogens (tertiary/aromatic N) is 2. The van der Waals surface area contributed by atoms with E-state index in [4.69, 9.17) is 4.42 Å². The summed E-state index contributed by atoms with van der Waals surface area (Å²) in [6, 6.07) is 12.1. The Morgan fingerprint density at radius 1 is 1.19 bits per heavy atom. The van der Waals surface area contributed by atoms with Gasteiger partial charge >= 0.3 is 0 Å². The summed E-state index contributed by atoms with van der Waals surface area (Å²) in [4.78, 5) is 11.5. The zero-order chi connectivity index (χ0) is 19.0. The number of rotatable bonds is 5. The van der Waals surface area contributed by atoms with Crippen molar-refractivity contribution < 1.29 is 17.6 Å². The second-order valence-electron chi connectivity index (χ2n) is 6.24. The molecule has 1 aliphatic heterocycles. The number of aryl methyl sites for hydroxylation is 1. The van der Waals surface area contributed by atoms with Crippen molar-refractivity contribution in [2.45, 2.75) is 24.8 Å². The van der Waals surface area contributed by atoms with Gasteiger partial charge in [-0.05, 0) is 42.8 Å². The maximum Gasteiger partial charge on any atom is 0.247 e. The zero-order valence-corrected chi connectivity index (χ0v) is 15.2. The van der Waals surface area contributed by atoms with Crippen LogP contribution in [-0.2, 0) is 27.8 Å². The summed E-state index contributed by atoms with van der Waals surface area (Å²) in [7, 11) is -3.78. The third-order valence-corrected chi connectivity index (χ3v) is 5.56. The van der Waals surface area contributed by atoms with Gasteiger partial charge in [0.1, 0.15) is 0 Å². The third kappa shape index (κ3) is 3.60. The molecule has 0 aliphatic carbocycles. The van der Waals surface area contributed by atoms with Gasteiger partial charge < -0.3 is 9.73 Å². The molecule has 0 fully saturated rings. The Morgan fingerprint density at radius 3 is 2.85 bits per heavy atom. The molecule has 0 radical (unpaired) electrons. The average molecular weight is 384 g/mol. The first kappa shape index (κ1) is 17.4. The zero-order valence-electron chi connectivity index (χ0n) is 14.4. The number of carbonyl (C=O) groups excluding carboxylic acids is 1. The molecule has 2 aromatic carbocycles. The third-order valence-electron chi connectivity index (χ3n) is 4.16. The van der Waals surface area contributed by atoms with Crippen molar-refractivity contribution in [3.63, 3.8) is 0 Å². The average Bonchev–Trinajstić information content (AvgIpc) is 3.25. The first-order valence-corrected chi connectivity index (χ1v) is 9.71. The smallest absolute Gasteiger partial charge is 0.247 e. The number of hydrogen-bond donors (Lipinski definition) is 2. The van der Waals surface area contributed by atoms with E-state index in [1.165, 1.54) is 12.1 Å². The molecule has 2 heterocycles. The van der Waals surface area contributed by atoms with Gasteiger partial charge in [-0.2, -0.15) is 0 Å². The summed E-state index contributed by atoms with van der Waals surface area (Å²) in [5.74, 6) is 0.338. The van der Waals surface area contributed by atoms with Crippen molar-refractivity contribution in [2.75, 3.05) is 5.32 Å². The van der Waals surface area contributed by atoms with Crippen molar-refractivity contribution in [1.82, 2.24) is 14.9 Å². The van der Waals surface area contributed by atoms with Crippen LogP contribution >= 0.6 is 0 Å². The molecule has 0 bridgehead atoms. The van der Waals surface area contributed by atoms with E-state index in [0.717, 1.165) is 11.1 Å². The monoisotopic (exact) mass is 384 g/mol. The van der Waals surface area contributed by atoms with Gasteiger partial charge in [-0.15, -0.1) is 10.2 Å². The number of fused-ring (bicyclic) bond motifs is 1. The SMILES string of the molecule is Cc1cccc(-c2nnc(CNS(=O)(=O)c3ccc4c(c3)CC(=O)N4)o2)c1. The normalized spacial score (nSPS) is 13.4. The van der Waals surface area contributed by atoms with Gasteiger partial charge in [0.25, 0.3) is 0 Å². The lowest BCUT2D eigenvalue weighted by Gasteiger charge is -2.06. The minimum Gasteiger partial charge on any atom is -0.419 e. The van der Waals surface area contributed by atoms with E-state index in [2.05, 4.69) is 20.2 Å². The van der Waals surface area contributed by atoms with E-state index in [9.17, 15) is 13.2 Å². The van der Waals surface area contributed by atoms with Gasteiger partial charge in [-0.3, -0.25) is 4.79 Å². The van der Waals surface area contributed by atoms with Crippen molar-refractivity contribution in [3.8, 4) is 11.5 Å². The molecule has 27 heavy (non-hydrogen) atoms. The number of hydrogen-bond acceptors (Lipinski definition) is 6. The van der Waals surface area contributed by atoms with Crippen LogP contribution in [0, 0.1) is 6.92 Å². The highest BCUT2D eigenvalue weighted by Crippen LogP contribution is 2.26. The van der Waals surface area contributed by atoms with Gasteiger partial charge in [-0.25, -0.2) is 13.1 Å². The summed E-state index contributed by atoms with van der Waals surface area (Å²) >= 11 is 0. The van der Waals surface area contributed by atoms with Gasteiger partial charge in [0.05, 0.1) is 17.9 Å². The Bertz CT molecular complexity index is 1140. The molecular formula is C18H16N4O4S. The van der Waals surface area contributed by atoms with Crippen molar-refractivity contribution in [2.24, 2.45) is 0 Å². The van der Waals surface area contributed by atoms with Crippen LogP contribution < -0.4 is 10.0 Å². The molecule has 1 amide bonds. The Labute approximate surface area is 155 Å². The van der Waals surface area contributed by atoms with E-state index < -0.39 is 10.0 Å². The minimum atomic E-state index is -3.78. The molecule has 0 atom stereocenters. The second-order valence-corrected chi connectivity index (χ2v) is 8.01. The Balaban J connectivity index is 1.49. The first-order valence-electron chi connectivity index (χ1n) is 8.22. The molecule has 2 N–H and O–H groups in total. The number of amides is 1. The van der Waals surface area contributed by atoms with Crippen molar-refractivity contribution in [3.05, 3.63) is 59.5 Å². The highest BCUT2D eigenvalue weighted by atomic mass is 32.2. The second kappa shape index (κ2) is 6.60. The topological polar surface area (TPSA) is 114 Å². The maximum atomic E-state index is 12.5. The largest absolute Gasteiger partial charge is 0.419 e. The van der Waals surface area contributed by atoms with E-state index in [0.29, 0.717) is 17.1 Å². The number of sulfonamides is 1. The Morgan fingerprint density at radius 2 is 2.04 bits per heavy atom. The quantitative estimate of drug-likeness (QED) is 0.696. The molecule has 8 nitrogen and oxygen atoms in total. The highest BCUT2D eigenvalue weighted by molar-refractivity contribution is 7.89.